The first-order valence-corrected chi connectivity index (χ1v) is 8.53. The Morgan fingerprint density at radius 2 is 1.96 bits per heavy atom. The number of rotatable bonds is 7. The van der Waals surface area contributed by atoms with Gasteiger partial charge in [-0.05, 0) is 65.4 Å². The fraction of sp³-hybridized carbons (Fsp3) is 0.176. The lowest BCUT2D eigenvalue weighted by Gasteiger charge is -2.09. The third-order valence-electron chi connectivity index (χ3n) is 3.34. The first-order valence-electron chi connectivity index (χ1n) is 7.45. The average Bonchev–Trinajstić information content (AvgIpc) is 2.65. The second kappa shape index (κ2) is 9.13. The van der Waals surface area contributed by atoms with E-state index in [1.54, 1.807) is 44.4 Å². The van der Waals surface area contributed by atoms with Crippen LogP contribution in [0.5, 0.6) is 11.5 Å². The van der Waals surface area contributed by atoms with E-state index in [0.717, 1.165) is 3.57 Å². The number of hydrazone groups is 1. The van der Waals surface area contributed by atoms with Crippen LogP contribution in [0.2, 0.25) is 0 Å². The molecule has 2 aromatic carbocycles. The van der Waals surface area contributed by atoms with Crippen molar-refractivity contribution in [2.75, 3.05) is 13.7 Å². The van der Waals surface area contributed by atoms with Crippen LogP contribution in [-0.4, -0.2) is 30.3 Å². The molecule has 0 radical (unpaired) electrons. The zero-order valence-corrected chi connectivity index (χ0v) is 16.2. The molecule has 0 saturated heterocycles. The van der Waals surface area contributed by atoms with Crippen molar-refractivity contribution < 1.29 is 19.2 Å². The predicted molar refractivity (Wildman–Crippen MR) is 105 cm³/mol. The molecule has 0 aliphatic heterocycles. The van der Waals surface area contributed by atoms with Gasteiger partial charge >= 0.3 is 0 Å². The van der Waals surface area contributed by atoms with Crippen LogP contribution in [0.15, 0.2) is 47.6 Å². The summed E-state index contributed by atoms with van der Waals surface area (Å²) >= 11 is 2.09. The fourth-order valence-corrected chi connectivity index (χ4v) is 2.58. The van der Waals surface area contributed by atoms with Gasteiger partial charge in [-0.25, -0.2) is 5.43 Å². The number of nitro benzene ring substituents is 1. The average molecular weight is 469 g/mol. The smallest absolute Gasteiger partial charge is 0.277 e. The molecule has 0 aliphatic rings. The molecule has 0 unspecified atom stereocenters. The Labute approximate surface area is 163 Å². The summed E-state index contributed by atoms with van der Waals surface area (Å²) in [4.78, 5) is 22.0. The van der Waals surface area contributed by atoms with E-state index in [2.05, 4.69) is 33.1 Å². The number of carbonyl (C=O) groups excluding carboxylic acids is 1. The van der Waals surface area contributed by atoms with Gasteiger partial charge in [0, 0.05) is 12.1 Å². The summed E-state index contributed by atoms with van der Waals surface area (Å²) < 4.78 is 11.4. The molecule has 0 aromatic heterocycles. The number of hydrogen-bond acceptors (Lipinski definition) is 6. The van der Waals surface area contributed by atoms with Crippen molar-refractivity contribution in [1.29, 1.82) is 0 Å². The largest absolute Gasteiger partial charge is 0.497 e. The highest BCUT2D eigenvalue weighted by Crippen LogP contribution is 2.25. The number of nitrogens with one attached hydrogen (secondary N) is 1. The van der Waals surface area contributed by atoms with E-state index in [1.165, 1.54) is 12.1 Å². The highest BCUT2D eigenvalue weighted by Gasteiger charge is 2.08. The van der Waals surface area contributed by atoms with Crippen LogP contribution in [0.4, 0.5) is 5.69 Å². The highest BCUT2D eigenvalue weighted by molar-refractivity contribution is 14.1. The molecule has 9 heteroatoms. The van der Waals surface area contributed by atoms with Crippen molar-refractivity contribution in [2.24, 2.45) is 5.10 Å². The Bertz CT molecular complexity index is 837. The van der Waals surface area contributed by atoms with E-state index >= 15 is 0 Å². The maximum atomic E-state index is 11.9. The van der Waals surface area contributed by atoms with E-state index in [1.807, 2.05) is 0 Å². The van der Waals surface area contributed by atoms with Crippen LogP contribution >= 0.6 is 22.6 Å². The van der Waals surface area contributed by atoms with Gasteiger partial charge in [-0.3, -0.25) is 14.9 Å². The summed E-state index contributed by atoms with van der Waals surface area (Å²) in [5, 5.41) is 14.6. The molecule has 26 heavy (non-hydrogen) atoms. The normalized spacial score (nSPS) is 11.0. The van der Waals surface area contributed by atoms with Gasteiger partial charge in [0.15, 0.2) is 6.61 Å². The molecule has 0 saturated carbocycles. The summed E-state index contributed by atoms with van der Waals surface area (Å²) in [6.07, 6.45) is 0. The Hall–Kier alpha value is -2.69. The summed E-state index contributed by atoms with van der Waals surface area (Å²) in [6, 6.07) is 11.2. The molecule has 0 bridgehead atoms. The minimum atomic E-state index is -0.476. The number of methoxy groups -OCH3 is 1. The molecule has 0 atom stereocenters. The van der Waals surface area contributed by atoms with E-state index in [0.29, 0.717) is 22.8 Å². The lowest BCUT2D eigenvalue weighted by molar-refractivity contribution is -0.384. The number of nitro groups is 1. The molecule has 2 aromatic rings. The quantitative estimate of drug-likeness (QED) is 0.291. The van der Waals surface area contributed by atoms with Crippen molar-refractivity contribution in [2.45, 2.75) is 6.92 Å². The minimum absolute atomic E-state index is 0.00641. The standard InChI is InChI=1S/C17H16IN3O5/c1-11(12-3-5-13(6-4-12)21(23)24)19-20-17(22)10-26-16-8-7-14(25-2)9-15(16)18/h3-9H,10H2,1-2H3,(H,20,22)/b19-11+. The number of nitrogens with zero attached hydrogens (tertiary/aromatic N) is 2. The van der Waals surface area contributed by atoms with Crippen molar-refractivity contribution in [1.82, 2.24) is 5.43 Å². The second-order valence-electron chi connectivity index (χ2n) is 5.12. The Balaban J connectivity index is 1.91. The van der Waals surface area contributed by atoms with Crippen molar-refractivity contribution >= 4 is 39.9 Å². The third kappa shape index (κ3) is 5.41. The van der Waals surface area contributed by atoms with E-state index < -0.39 is 10.8 Å². The Morgan fingerprint density at radius 1 is 1.27 bits per heavy atom. The van der Waals surface area contributed by atoms with Crippen LogP contribution in [-0.2, 0) is 4.79 Å². The topological polar surface area (TPSA) is 103 Å². The first kappa shape index (κ1) is 19.6. The number of benzene rings is 2. The molecule has 1 amide bonds. The molecule has 0 spiro atoms. The van der Waals surface area contributed by atoms with Crippen LogP contribution in [0.1, 0.15) is 12.5 Å². The van der Waals surface area contributed by atoms with E-state index in [-0.39, 0.29) is 12.3 Å². The van der Waals surface area contributed by atoms with Crippen LogP contribution in [0.3, 0.4) is 0 Å². The van der Waals surface area contributed by atoms with E-state index in [4.69, 9.17) is 9.47 Å². The maximum Gasteiger partial charge on any atom is 0.277 e. The van der Waals surface area contributed by atoms with Gasteiger partial charge in [0.1, 0.15) is 11.5 Å². The van der Waals surface area contributed by atoms with Gasteiger partial charge in [-0.15, -0.1) is 0 Å². The summed E-state index contributed by atoms with van der Waals surface area (Å²) in [5.41, 5.74) is 3.58. The van der Waals surface area contributed by atoms with Crippen molar-refractivity contribution in [3.05, 3.63) is 61.7 Å². The number of hydrogen-bond donors (Lipinski definition) is 1. The number of carbonyl (C=O) groups is 1. The lowest BCUT2D eigenvalue weighted by Crippen LogP contribution is -2.25. The molecule has 136 valence electrons. The third-order valence-corrected chi connectivity index (χ3v) is 4.19. The molecule has 0 aliphatic carbocycles. The zero-order chi connectivity index (χ0) is 19.1. The van der Waals surface area contributed by atoms with Gasteiger partial charge in [-0.1, -0.05) is 0 Å². The molecule has 0 fully saturated rings. The summed E-state index contributed by atoms with van der Waals surface area (Å²) in [7, 11) is 1.57. The summed E-state index contributed by atoms with van der Waals surface area (Å²) in [5.74, 6) is 0.852. The van der Waals surface area contributed by atoms with Crippen molar-refractivity contribution in [3.8, 4) is 11.5 Å². The fourth-order valence-electron chi connectivity index (χ4n) is 1.94. The Morgan fingerprint density at radius 3 is 2.54 bits per heavy atom. The minimum Gasteiger partial charge on any atom is -0.497 e. The molecule has 1 N–H and O–H groups in total. The van der Waals surface area contributed by atoms with E-state index in [9.17, 15) is 14.9 Å². The first-order chi connectivity index (χ1) is 12.4. The van der Waals surface area contributed by atoms with Gasteiger partial charge in [0.25, 0.3) is 11.6 Å². The monoisotopic (exact) mass is 469 g/mol. The SMILES string of the molecule is COc1ccc(OCC(=O)N/N=C(\C)c2ccc([N+](=O)[O-])cc2)c(I)c1. The maximum absolute atomic E-state index is 11.9. The van der Waals surface area contributed by atoms with Gasteiger partial charge < -0.3 is 9.47 Å². The molecule has 8 nitrogen and oxygen atoms in total. The van der Waals surface area contributed by atoms with Crippen LogP contribution in [0, 0.1) is 13.7 Å². The molecular weight excluding hydrogens is 453 g/mol. The number of amides is 1. The molecular formula is C17H16IN3O5. The van der Waals surface area contributed by atoms with Gasteiger partial charge in [-0.2, -0.15) is 5.10 Å². The van der Waals surface area contributed by atoms with Crippen LogP contribution < -0.4 is 14.9 Å². The number of ether oxygens (including phenoxy) is 2. The highest BCUT2D eigenvalue weighted by atomic mass is 127. The lowest BCUT2D eigenvalue weighted by atomic mass is 10.1. The predicted octanol–water partition coefficient (Wildman–Crippen LogP) is 3.13. The number of halogens is 1. The van der Waals surface area contributed by atoms with Crippen LogP contribution in [0.25, 0.3) is 0 Å². The Kier molecular flexibility index (Phi) is 6.89. The zero-order valence-electron chi connectivity index (χ0n) is 14.1. The molecule has 0 heterocycles. The van der Waals surface area contributed by atoms with Gasteiger partial charge in [0.05, 0.1) is 21.3 Å². The second-order valence-corrected chi connectivity index (χ2v) is 6.28. The van der Waals surface area contributed by atoms with Crippen molar-refractivity contribution in [3.63, 3.8) is 0 Å². The summed E-state index contributed by atoms with van der Waals surface area (Å²) in [6.45, 7) is 1.49. The number of non-ortho nitro benzene ring substituents is 1. The molecule has 2 rings (SSSR count). The van der Waals surface area contributed by atoms with Gasteiger partial charge in [0.2, 0.25) is 0 Å².